The van der Waals surface area contributed by atoms with Crippen molar-refractivity contribution in [3.8, 4) is 0 Å². The number of methoxy groups -OCH3 is 1. The molecule has 112 valence electrons. The van der Waals surface area contributed by atoms with Gasteiger partial charge in [-0.2, -0.15) is 13.2 Å². The highest BCUT2D eigenvalue weighted by atomic mass is 35.5. The molecule has 0 aliphatic rings. The third-order valence-electron chi connectivity index (χ3n) is 2.59. The quantitative estimate of drug-likeness (QED) is 0.879. The molecule has 0 spiro atoms. The van der Waals surface area contributed by atoms with Crippen LogP contribution < -0.4 is 11.1 Å². The lowest BCUT2D eigenvalue weighted by molar-refractivity contribution is -0.137. The monoisotopic (exact) mass is 310 g/mol. The highest BCUT2D eigenvalue weighted by Gasteiger charge is 2.34. The van der Waals surface area contributed by atoms with E-state index >= 15 is 0 Å². The van der Waals surface area contributed by atoms with Crippen molar-refractivity contribution >= 4 is 23.2 Å². The molecular weight excluding hydrogens is 297 g/mol. The molecule has 3 N–H and O–H groups in total. The zero-order valence-corrected chi connectivity index (χ0v) is 11.4. The van der Waals surface area contributed by atoms with Crippen LogP contribution in [0.2, 0.25) is 5.02 Å². The molecule has 8 heteroatoms. The number of rotatable bonds is 5. The van der Waals surface area contributed by atoms with Crippen molar-refractivity contribution in [1.29, 1.82) is 0 Å². The molecule has 0 saturated heterocycles. The first-order valence-electron chi connectivity index (χ1n) is 5.68. The van der Waals surface area contributed by atoms with E-state index in [1.54, 1.807) is 0 Å². The van der Waals surface area contributed by atoms with Crippen LogP contribution >= 0.6 is 11.6 Å². The van der Waals surface area contributed by atoms with Gasteiger partial charge >= 0.3 is 6.18 Å². The number of hydrogen-bond acceptors (Lipinski definition) is 3. The zero-order chi connectivity index (χ0) is 15.3. The smallest absolute Gasteiger partial charge is 0.380 e. The number of hydrogen-bond donors (Lipinski definition) is 2. The number of anilines is 1. The van der Waals surface area contributed by atoms with E-state index in [1.807, 2.05) is 0 Å². The largest absolute Gasteiger partial charge is 0.418 e. The van der Waals surface area contributed by atoms with Gasteiger partial charge in [-0.1, -0.05) is 17.7 Å². The molecule has 1 rings (SSSR count). The van der Waals surface area contributed by atoms with Crippen LogP contribution in [0.25, 0.3) is 0 Å². The van der Waals surface area contributed by atoms with E-state index in [0.717, 1.165) is 6.07 Å². The van der Waals surface area contributed by atoms with Gasteiger partial charge in [0.2, 0.25) is 5.91 Å². The van der Waals surface area contributed by atoms with Crippen molar-refractivity contribution in [2.24, 2.45) is 5.73 Å². The van der Waals surface area contributed by atoms with Crippen LogP contribution in [0.3, 0.4) is 0 Å². The summed E-state index contributed by atoms with van der Waals surface area (Å²) >= 11 is 5.71. The topological polar surface area (TPSA) is 64.3 Å². The summed E-state index contributed by atoms with van der Waals surface area (Å²) in [5.41, 5.74) is 3.88. The van der Waals surface area contributed by atoms with E-state index in [4.69, 9.17) is 22.1 Å². The molecule has 0 saturated carbocycles. The summed E-state index contributed by atoms with van der Waals surface area (Å²) in [5, 5.41) is 1.97. The summed E-state index contributed by atoms with van der Waals surface area (Å²) in [6, 6.07) is 3.28. The molecule has 0 heterocycles. The molecule has 0 aliphatic carbocycles. The van der Waals surface area contributed by atoms with Crippen LogP contribution in [0.1, 0.15) is 12.0 Å². The Morgan fingerprint density at radius 3 is 2.65 bits per heavy atom. The molecule has 1 aromatic carbocycles. The van der Waals surface area contributed by atoms with Crippen LogP contribution in [0.4, 0.5) is 18.9 Å². The third kappa shape index (κ3) is 4.36. The van der Waals surface area contributed by atoms with Gasteiger partial charge in [0.25, 0.3) is 0 Å². The molecule has 1 amide bonds. The van der Waals surface area contributed by atoms with Crippen molar-refractivity contribution in [3.05, 3.63) is 28.8 Å². The maximum Gasteiger partial charge on any atom is 0.418 e. The molecule has 1 atom stereocenters. The SMILES string of the molecule is COC(CN)CC(=O)Nc1c(Cl)cccc1C(F)(F)F. The summed E-state index contributed by atoms with van der Waals surface area (Å²) in [6.45, 7) is 0.0819. The average Bonchev–Trinajstić information content (AvgIpc) is 2.37. The standard InChI is InChI=1S/C12H14ClF3N2O2/c1-20-7(6-17)5-10(19)18-11-8(12(14,15)16)3-2-4-9(11)13/h2-4,7H,5-6,17H2,1H3,(H,18,19). The van der Waals surface area contributed by atoms with Gasteiger partial charge in [-0.25, -0.2) is 0 Å². The number of carbonyl (C=O) groups excluding carboxylic acids is 1. The predicted molar refractivity (Wildman–Crippen MR) is 69.6 cm³/mol. The van der Waals surface area contributed by atoms with Crippen molar-refractivity contribution in [1.82, 2.24) is 0 Å². The lowest BCUT2D eigenvalue weighted by Gasteiger charge is -2.17. The number of alkyl halides is 3. The third-order valence-corrected chi connectivity index (χ3v) is 2.91. The Kier molecular flexibility index (Phi) is 5.79. The average molecular weight is 311 g/mol. The molecule has 1 unspecified atom stereocenters. The van der Waals surface area contributed by atoms with Gasteiger partial charge in [-0.05, 0) is 12.1 Å². The van der Waals surface area contributed by atoms with E-state index in [1.165, 1.54) is 19.2 Å². The summed E-state index contributed by atoms with van der Waals surface area (Å²) < 4.78 is 43.4. The second-order valence-corrected chi connectivity index (χ2v) is 4.41. The van der Waals surface area contributed by atoms with Crippen molar-refractivity contribution in [2.75, 3.05) is 19.0 Å². The number of carbonyl (C=O) groups is 1. The van der Waals surface area contributed by atoms with Gasteiger partial charge < -0.3 is 15.8 Å². The summed E-state index contributed by atoms with van der Waals surface area (Å²) in [6.07, 6.45) is -5.33. The Balaban J connectivity index is 2.95. The van der Waals surface area contributed by atoms with E-state index in [-0.39, 0.29) is 18.0 Å². The first kappa shape index (κ1) is 16.7. The molecule has 0 radical (unpaired) electrons. The minimum Gasteiger partial charge on any atom is -0.380 e. The van der Waals surface area contributed by atoms with Crippen LogP contribution in [0.15, 0.2) is 18.2 Å². The fraction of sp³-hybridized carbons (Fsp3) is 0.417. The van der Waals surface area contributed by atoms with Crippen molar-refractivity contribution < 1.29 is 22.7 Å². The molecule has 20 heavy (non-hydrogen) atoms. The second-order valence-electron chi connectivity index (χ2n) is 4.01. The number of para-hydroxylation sites is 1. The predicted octanol–water partition coefficient (Wildman–Crippen LogP) is 2.66. The van der Waals surface area contributed by atoms with E-state index in [0.29, 0.717) is 0 Å². The zero-order valence-electron chi connectivity index (χ0n) is 10.6. The number of amides is 1. The maximum absolute atomic E-state index is 12.8. The fourth-order valence-corrected chi connectivity index (χ4v) is 1.77. The molecular formula is C12H14ClF3N2O2. The Hall–Kier alpha value is -1.31. The first-order valence-corrected chi connectivity index (χ1v) is 6.05. The van der Waals surface area contributed by atoms with Crippen LogP contribution in [0.5, 0.6) is 0 Å². The van der Waals surface area contributed by atoms with Crippen molar-refractivity contribution in [2.45, 2.75) is 18.7 Å². The number of benzene rings is 1. The van der Waals surface area contributed by atoms with Crippen molar-refractivity contribution in [3.63, 3.8) is 0 Å². The summed E-state index contributed by atoms with van der Waals surface area (Å²) in [5.74, 6) is -0.652. The van der Waals surface area contributed by atoms with Gasteiger partial charge in [0, 0.05) is 13.7 Å². The minimum atomic E-state index is -4.61. The van der Waals surface area contributed by atoms with Crippen LogP contribution in [0, 0.1) is 0 Å². The highest BCUT2D eigenvalue weighted by molar-refractivity contribution is 6.34. The number of ether oxygens (including phenoxy) is 1. The Labute approximate surface area is 119 Å². The van der Waals surface area contributed by atoms with E-state index in [9.17, 15) is 18.0 Å². The van der Waals surface area contributed by atoms with Gasteiger partial charge in [-0.3, -0.25) is 4.79 Å². The first-order chi connectivity index (χ1) is 9.29. The van der Waals surface area contributed by atoms with Gasteiger partial charge in [0.1, 0.15) is 0 Å². The summed E-state index contributed by atoms with van der Waals surface area (Å²) in [4.78, 5) is 11.7. The molecule has 0 fully saturated rings. The molecule has 0 bridgehead atoms. The lowest BCUT2D eigenvalue weighted by Crippen LogP contribution is -2.28. The lowest BCUT2D eigenvalue weighted by atomic mass is 10.1. The Bertz CT molecular complexity index is 476. The molecule has 1 aromatic rings. The van der Waals surface area contributed by atoms with Crippen LogP contribution in [-0.2, 0) is 15.7 Å². The number of halogens is 4. The van der Waals surface area contributed by atoms with Gasteiger partial charge in [-0.15, -0.1) is 0 Å². The number of nitrogens with one attached hydrogen (secondary N) is 1. The maximum atomic E-state index is 12.8. The fourth-order valence-electron chi connectivity index (χ4n) is 1.55. The Morgan fingerprint density at radius 2 is 2.15 bits per heavy atom. The van der Waals surface area contributed by atoms with Gasteiger partial charge in [0.05, 0.1) is 28.8 Å². The summed E-state index contributed by atoms with van der Waals surface area (Å²) in [7, 11) is 1.36. The second kappa shape index (κ2) is 6.92. The normalized spacial score (nSPS) is 13.1. The van der Waals surface area contributed by atoms with E-state index in [2.05, 4.69) is 5.32 Å². The molecule has 4 nitrogen and oxygen atoms in total. The van der Waals surface area contributed by atoms with E-state index < -0.39 is 29.4 Å². The Morgan fingerprint density at radius 1 is 1.50 bits per heavy atom. The number of nitrogens with two attached hydrogens (primary N) is 1. The highest BCUT2D eigenvalue weighted by Crippen LogP contribution is 2.38. The van der Waals surface area contributed by atoms with Gasteiger partial charge in [0.15, 0.2) is 0 Å². The van der Waals surface area contributed by atoms with Crippen LogP contribution in [-0.4, -0.2) is 25.7 Å². The molecule has 0 aromatic heterocycles. The minimum absolute atomic E-state index is 0.0819. The molecule has 0 aliphatic heterocycles.